The van der Waals surface area contributed by atoms with Crippen LogP contribution in [0.25, 0.3) is 0 Å². The Hall–Kier alpha value is -1.44. The first-order valence-electron chi connectivity index (χ1n) is 6.04. The third kappa shape index (κ3) is 2.03. The van der Waals surface area contributed by atoms with Crippen molar-refractivity contribution in [2.45, 2.75) is 31.4 Å². The lowest BCUT2D eigenvalue weighted by Gasteiger charge is -2.43. The minimum Gasteiger partial charge on any atom is -0.340 e. The number of carbonyl (C=O) groups excluding carboxylic acids is 3. The quantitative estimate of drug-likeness (QED) is 0.658. The minimum atomic E-state index is -3.72. The summed E-state index contributed by atoms with van der Waals surface area (Å²) in [6, 6.07) is 0. The molecule has 2 aliphatic rings. The highest BCUT2D eigenvalue weighted by atomic mass is 32.2. The molecule has 2 rings (SSSR count). The first-order valence-corrected chi connectivity index (χ1v) is 7.48. The maximum absolute atomic E-state index is 11.9. The van der Waals surface area contributed by atoms with Crippen LogP contribution in [0.1, 0.15) is 26.7 Å². The van der Waals surface area contributed by atoms with Crippen LogP contribution in [0.4, 0.5) is 0 Å². The van der Waals surface area contributed by atoms with Gasteiger partial charge in [-0.3, -0.25) is 14.4 Å². The van der Waals surface area contributed by atoms with E-state index in [1.54, 1.807) is 0 Å². The molecule has 0 aromatic carbocycles. The van der Waals surface area contributed by atoms with Gasteiger partial charge < -0.3 is 4.90 Å². The second-order valence-electron chi connectivity index (χ2n) is 5.25. The van der Waals surface area contributed by atoms with Crippen LogP contribution in [0.5, 0.6) is 0 Å². The fourth-order valence-electron chi connectivity index (χ4n) is 2.14. The normalized spacial score (nSPS) is 25.2. The van der Waals surface area contributed by atoms with Crippen LogP contribution < -0.4 is 0 Å². The van der Waals surface area contributed by atoms with Crippen molar-refractivity contribution in [3.8, 4) is 0 Å². The zero-order valence-electron chi connectivity index (χ0n) is 10.9. The number of rotatable bonds is 2. The Kier molecular flexibility index (Phi) is 3.16. The summed E-state index contributed by atoms with van der Waals surface area (Å²) in [5, 5.41) is 0. The summed E-state index contributed by atoms with van der Waals surface area (Å²) in [5.41, 5.74) is 0. The molecule has 2 heterocycles. The van der Waals surface area contributed by atoms with Crippen LogP contribution >= 0.6 is 0 Å². The fourth-order valence-corrected chi connectivity index (χ4v) is 3.62. The molecule has 106 valence electrons. The van der Waals surface area contributed by atoms with E-state index in [-0.39, 0.29) is 18.6 Å². The number of likely N-dealkylation sites (tertiary alicyclic amines) is 1. The van der Waals surface area contributed by atoms with Gasteiger partial charge in [-0.15, -0.1) is 0 Å². The molecular weight excluding hydrogens is 272 g/mol. The number of hydrogen-bond donors (Lipinski definition) is 0. The Balaban J connectivity index is 2.01. The molecule has 0 bridgehead atoms. The van der Waals surface area contributed by atoms with Crippen LogP contribution in [0.3, 0.4) is 0 Å². The van der Waals surface area contributed by atoms with Crippen LogP contribution in [0.2, 0.25) is 0 Å². The van der Waals surface area contributed by atoms with Crippen molar-refractivity contribution in [1.29, 1.82) is 0 Å². The molecule has 0 saturated carbocycles. The SMILES string of the molecule is CC1(C)C(=O)N(CC(=O)N2CCC(=O)CC2)S1(=O)=O. The summed E-state index contributed by atoms with van der Waals surface area (Å²) in [4.78, 5) is 36.1. The van der Waals surface area contributed by atoms with Gasteiger partial charge >= 0.3 is 0 Å². The van der Waals surface area contributed by atoms with Crippen molar-refractivity contribution in [3.63, 3.8) is 0 Å². The molecule has 19 heavy (non-hydrogen) atoms. The highest BCUT2D eigenvalue weighted by Crippen LogP contribution is 2.34. The van der Waals surface area contributed by atoms with Gasteiger partial charge in [0, 0.05) is 25.9 Å². The second kappa shape index (κ2) is 4.29. The zero-order chi connectivity index (χ0) is 14.4. The van der Waals surface area contributed by atoms with E-state index < -0.39 is 33.1 Å². The molecule has 0 aromatic rings. The standard InChI is InChI=1S/C11H16N2O5S/c1-11(2)10(16)13(19(11,17)18)7-9(15)12-5-3-8(14)4-6-12/h3-7H2,1-2H3. The van der Waals surface area contributed by atoms with E-state index >= 15 is 0 Å². The first-order chi connectivity index (χ1) is 8.68. The molecule has 0 unspecified atom stereocenters. The Morgan fingerprint density at radius 3 is 2.21 bits per heavy atom. The van der Waals surface area contributed by atoms with Crippen molar-refractivity contribution < 1.29 is 22.8 Å². The van der Waals surface area contributed by atoms with E-state index in [1.807, 2.05) is 0 Å². The smallest absolute Gasteiger partial charge is 0.259 e. The first kappa shape index (κ1) is 14.0. The van der Waals surface area contributed by atoms with Crippen molar-refractivity contribution in [3.05, 3.63) is 0 Å². The monoisotopic (exact) mass is 288 g/mol. The molecule has 0 aliphatic carbocycles. The largest absolute Gasteiger partial charge is 0.340 e. The second-order valence-corrected chi connectivity index (χ2v) is 7.66. The number of sulfonamides is 1. The van der Waals surface area contributed by atoms with Crippen LogP contribution in [-0.4, -0.2) is 59.6 Å². The summed E-state index contributed by atoms with van der Waals surface area (Å²) in [5.74, 6) is -0.897. The average Bonchev–Trinajstić information content (AvgIpc) is 2.35. The molecule has 2 saturated heterocycles. The van der Waals surface area contributed by atoms with Gasteiger partial charge in [0.2, 0.25) is 5.91 Å². The van der Waals surface area contributed by atoms with Crippen molar-refractivity contribution >= 4 is 27.6 Å². The Bertz CT molecular complexity index is 541. The highest BCUT2D eigenvalue weighted by molar-refractivity contribution is 7.94. The van der Waals surface area contributed by atoms with Crippen molar-refractivity contribution in [1.82, 2.24) is 9.21 Å². The summed E-state index contributed by atoms with van der Waals surface area (Å²) in [6.45, 7) is 2.78. The topological polar surface area (TPSA) is 91.8 Å². The van der Waals surface area contributed by atoms with Crippen LogP contribution in [-0.2, 0) is 24.4 Å². The predicted octanol–water partition coefficient (Wildman–Crippen LogP) is -0.871. The number of amides is 2. The molecule has 2 fully saturated rings. The molecular formula is C11H16N2O5S. The summed E-state index contributed by atoms with van der Waals surface area (Å²) in [6.07, 6.45) is 0.579. The van der Waals surface area contributed by atoms with Gasteiger partial charge in [0.1, 0.15) is 12.3 Å². The van der Waals surface area contributed by atoms with Gasteiger partial charge in [-0.2, -0.15) is 0 Å². The van der Waals surface area contributed by atoms with Crippen molar-refractivity contribution in [2.75, 3.05) is 19.6 Å². The van der Waals surface area contributed by atoms with Gasteiger partial charge in [0.15, 0.2) is 4.75 Å². The van der Waals surface area contributed by atoms with Crippen molar-refractivity contribution in [2.24, 2.45) is 0 Å². The number of ketones is 1. The summed E-state index contributed by atoms with van der Waals surface area (Å²) < 4.78 is 22.8. The molecule has 0 spiro atoms. The fraction of sp³-hybridized carbons (Fsp3) is 0.727. The van der Waals surface area contributed by atoms with Gasteiger partial charge in [-0.25, -0.2) is 12.7 Å². The van der Waals surface area contributed by atoms with E-state index in [2.05, 4.69) is 0 Å². The van der Waals surface area contributed by atoms with Crippen LogP contribution in [0.15, 0.2) is 0 Å². The number of carbonyl (C=O) groups is 3. The lowest BCUT2D eigenvalue weighted by molar-refractivity contribution is -0.141. The van der Waals surface area contributed by atoms with Gasteiger partial charge in [-0.1, -0.05) is 0 Å². The summed E-state index contributed by atoms with van der Waals surface area (Å²) >= 11 is 0. The Morgan fingerprint density at radius 2 is 1.74 bits per heavy atom. The van der Waals surface area contributed by atoms with Gasteiger partial charge in [0.25, 0.3) is 15.9 Å². The van der Waals surface area contributed by atoms with E-state index in [0.717, 1.165) is 0 Å². The Labute approximate surface area is 111 Å². The van der Waals surface area contributed by atoms with Gasteiger partial charge in [-0.05, 0) is 13.8 Å². The molecule has 0 N–H and O–H groups in total. The number of nitrogens with zero attached hydrogens (tertiary/aromatic N) is 2. The minimum absolute atomic E-state index is 0.0952. The molecule has 2 aliphatic heterocycles. The molecule has 2 amide bonds. The Morgan fingerprint density at radius 1 is 1.21 bits per heavy atom. The number of hydrogen-bond acceptors (Lipinski definition) is 5. The lowest BCUT2D eigenvalue weighted by atomic mass is 10.1. The van der Waals surface area contributed by atoms with E-state index in [0.29, 0.717) is 17.4 Å². The maximum atomic E-state index is 11.9. The number of Topliss-reactive ketones (excluding diaryl/α,β-unsaturated/α-hetero) is 1. The molecule has 0 aromatic heterocycles. The lowest BCUT2D eigenvalue weighted by Crippen LogP contribution is -2.68. The highest BCUT2D eigenvalue weighted by Gasteiger charge is 2.60. The van der Waals surface area contributed by atoms with Crippen LogP contribution in [0, 0.1) is 0 Å². The molecule has 0 radical (unpaired) electrons. The van der Waals surface area contributed by atoms with E-state index in [4.69, 9.17) is 0 Å². The zero-order valence-corrected chi connectivity index (χ0v) is 11.7. The van der Waals surface area contributed by atoms with E-state index in [9.17, 15) is 22.8 Å². The number of piperidine rings is 1. The third-order valence-electron chi connectivity index (χ3n) is 3.63. The predicted molar refractivity (Wildman–Crippen MR) is 65.5 cm³/mol. The van der Waals surface area contributed by atoms with Gasteiger partial charge in [0.05, 0.1) is 0 Å². The average molecular weight is 288 g/mol. The molecule has 8 heteroatoms. The molecule has 7 nitrogen and oxygen atoms in total. The third-order valence-corrected chi connectivity index (χ3v) is 5.97. The summed E-state index contributed by atoms with van der Waals surface area (Å²) in [7, 11) is -3.72. The molecule has 0 atom stereocenters. The maximum Gasteiger partial charge on any atom is 0.259 e. The van der Waals surface area contributed by atoms with E-state index in [1.165, 1.54) is 18.7 Å².